The van der Waals surface area contributed by atoms with Gasteiger partial charge in [-0.05, 0) is 25.7 Å². The number of nitrogens with zero attached hydrogens (tertiary/aromatic N) is 1. The maximum atomic E-state index is 12.1. The molecule has 4 nitrogen and oxygen atoms in total. The number of aliphatic hydroxyl groups is 1. The number of sulfonamides is 1. The van der Waals surface area contributed by atoms with Gasteiger partial charge in [-0.3, -0.25) is 0 Å². The van der Waals surface area contributed by atoms with Crippen molar-refractivity contribution in [2.45, 2.75) is 51.5 Å². The molecule has 1 N–H and O–H groups in total. The number of hydrogen-bond acceptors (Lipinski definition) is 3. The summed E-state index contributed by atoms with van der Waals surface area (Å²) in [6.45, 7) is 2.54. The van der Waals surface area contributed by atoms with E-state index in [1.807, 2.05) is 6.92 Å². The summed E-state index contributed by atoms with van der Waals surface area (Å²) >= 11 is 0. The zero-order valence-corrected chi connectivity index (χ0v) is 10.9. The van der Waals surface area contributed by atoms with Crippen LogP contribution in [0, 0.1) is 0 Å². The SMILES string of the molecule is CCCCS(=O)(=O)N(CCCO)C1CCC1. The van der Waals surface area contributed by atoms with Crippen LogP contribution in [-0.2, 0) is 10.0 Å². The number of hydrogen-bond donors (Lipinski definition) is 1. The molecule has 1 aliphatic carbocycles. The van der Waals surface area contributed by atoms with Crippen molar-refractivity contribution in [1.82, 2.24) is 4.31 Å². The van der Waals surface area contributed by atoms with E-state index >= 15 is 0 Å². The highest BCUT2D eigenvalue weighted by Crippen LogP contribution is 2.27. The largest absolute Gasteiger partial charge is 0.396 e. The summed E-state index contributed by atoms with van der Waals surface area (Å²) in [5, 5.41) is 8.81. The van der Waals surface area contributed by atoms with Gasteiger partial charge < -0.3 is 5.11 Å². The molecule has 0 unspecified atom stereocenters. The van der Waals surface area contributed by atoms with Crippen LogP contribution < -0.4 is 0 Å². The lowest BCUT2D eigenvalue weighted by Gasteiger charge is -2.36. The van der Waals surface area contributed by atoms with Gasteiger partial charge in [0.25, 0.3) is 0 Å². The van der Waals surface area contributed by atoms with Crippen LogP contribution in [0.25, 0.3) is 0 Å². The Morgan fingerprint density at radius 2 is 2.00 bits per heavy atom. The smallest absolute Gasteiger partial charge is 0.214 e. The molecule has 0 aromatic rings. The second kappa shape index (κ2) is 6.57. The summed E-state index contributed by atoms with van der Waals surface area (Å²) in [5.74, 6) is 0.255. The molecule has 0 aromatic carbocycles. The van der Waals surface area contributed by atoms with Crippen LogP contribution in [-0.4, -0.2) is 42.8 Å². The van der Waals surface area contributed by atoms with Gasteiger partial charge in [0.2, 0.25) is 10.0 Å². The molecule has 1 saturated carbocycles. The molecule has 0 heterocycles. The summed E-state index contributed by atoms with van der Waals surface area (Å²) in [6, 6.07) is 0.202. The van der Waals surface area contributed by atoms with E-state index in [0.29, 0.717) is 13.0 Å². The van der Waals surface area contributed by atoms with Gasteiger partial charge in [0.1, 0.15) is 0 Å². The van der Waals surface area contributed by atoms with Gasteiger partial charge in [-0.1, -0.05) is 19.8 Å². The summed E-state index contributed by atoms with van der Waals surface area (Å²) in [4.78, 5) is 0. The van der Waals surface area contributed by atoms with Crippen LogP contribution in [0.1, 0.15) is 45.4 Å². The maximum Gasteiger partial charge on any atom is 0.214 e. The Morgan fingerprint density at radius 1 is 1.31 bits per heavy atom. The topological polar surface area (TPSA) is 57.6 Å². The Bertz CT molecular complexity index is 286. The van der Waals surface area contributed by atoms with Crippen molar-refractivity contribution in [3.63, 3.8) is 0 Å². The lowest BCUT2D eigenvalue weighted by molar-refractivity contribution is 0.198. The zero-order chi connectivity index (χ0) is 12.0. The molecular formula is C11H23NO3S. The van der Waals surface area contributed by atoms with E-state index in [1.165, 1.54) is 0 Å². The highest BCUT2D eigenvalue weighted by Gasteiger charge is 2.32. The van der Waals surface area contributed by atoms with E-state index in [2.05, 4.69) is 0 Å². The Morgan fingerprint density at radius 3 is 2.44 bits per heavy atom. The van der Waals surface area contributed by atoms with Gasteiger partial charge in [0, 0.05) is 19.2 Å². The lowest BCUT2D eigenvalue weighted by atomic mass is 9.93. The van der Waals surface area contributed by atoms with Crippen LogP contribution in [0.5, 0.6) is 0 Å². The van der Waals surface area contributed by atoms with E-state index in [4.69, 9.17) is 5.11 Å². The fourth-order valence-corrected chi connectivity index (χ4v) is 3.85. The predicted molar refractivity (Wildman–Crippen MR) is 64.7 cm³/mol. The number of rotatable bonds is 8. The van der Waals surface area contributed by atoms with E-state index in [9.17, 15) is 8.42 Å². The van der Waals surface area contributed by atoms with Crippen molar-refractivity contribution in [3.8, 4) is 0 Å². The molecule has 0 radical (unpaired) electrons. The summed E-state index contributed by atoms with van der Waals surface area (Å²) in [5.41, 5.74) is 0. The lowest BCUT2D eigenvalue weighted by Crippen LogP contribution is -2.45. The summed E-state index contributed by atoms with van der Waals surface area (Å²) in [7, 11) is -3.09. The Kier molecular flexibility index (Phi) is 5.72. The maximum absolute atomic E-state index is 12.1. The van der Waals surface area contributed by atoms with Crippen LogP contribution in [0.2, 0.25) is 0 Å². The fourth-order valence-electron chi connectivity index (χ4n) is 1.89. The minimum Gasteiger partial charge on any atom is -0.396 e. The number of unbranched alkanes of at least 4 members (excludes halogenated alkanes) is 1. The van der Waals surface area contributed by atoms with Gasteiger partial charge in [-0.25, -0.2) is 8.42 Å². The average Bonchev–Trinajstić information content (AvgIpc) is 2.18. The van der Waals surface area contributed by atoms with Gasteiger partial charge >= 0.3 is 0 Å². The van der Waals surface area contributed by atoms with Crippen LogP contribution in [0.4, 0.5) is 0 Å². The monoisotopic (exact) mass is 249 g/mol. The third-order valence-corrected chi connectivity index (χ3v) is 5.13. The quantitative estimate of drug-likeness (QED) is 0.706. The van der Waals surface area contributed by atoms with Gasteiger partial charge in [0.05, 0.1) is 5.75 Å². The standard InChI is InChI=1S/C11H23NO3S/c1-2-3-10-16(14,15)12(8-5-9-13)11-6-4-7-11/h11,13H,2-10H2,1H3. The fraction of sp³-hybridized carbons (Fsp3) is 1.00. The minimum atomic E-state index is -3.09. The summed E-state index contributed by atoms with van der Waals surface area (Å²) in [6.07, 6.45) is 5.27. The van der Waals surface area contributed by atoms with E-state index < -0.39 is 10.0 Å². The molecule has 0 bridgehead atoms. The van der Waals surface area contributed by atoms with Gasteiger partial charge in [-0.15, -0.1) is 0 Å². The molecule has 16 heavy (non-hydrogen) atoms. The summed E-state index contributed by atoms with van der Waals surface area (Å²) < 4.78 is 25.8. The number of aliphatic hydroxyl groups excluding tert-OH is 1. The first-order valence-electron chi connectivity index (χ1n) is 6.22. The first kappa shape index (κ1) is 13.9. The first-order valence-corrected chi connectivity index (χ1v) is 7.83. The van der Waals surface area contributed by atoms with E-state index in [0.717, 1.165) is 32.1 Å². The van der Waals surface area contributed by atoms with Crippen LogP contribution in [0.3, 0.4) is 0 Å². The van der Waals surface area contributed by atoms with Crippen molar-refractivity contribution in [2.24, 2.45) is 0 Å². The molecule has 0 aromatic heterocycles. The van der Waals surface area contributed by atoms with Crippen LogP contribution in [0.15, 0.2) is 0 Å². The normalized spacial score (nSPS) is 17.7. The van der Waals surface area contributed by atoms with Gasteiger partial charge in [0.15, 0.2) is 0 Å². The van der Waals surface area contributed by atoms with Crippen molar-refractivity contribution in [1.29, 1.82) is 0 Å². The van der Waals surface area contributed by atoms with Gasteiger partial charge in [-0.2, -0.15) is 4.31 Å². The molecule has 5 heteroatoms. The molecule has 0 atom stereocenters. The van der Waals surface area contributed by atoms with Crippen molar-refractivity contribution in [3.05, 3.63) is 0 Å². The third kappa shape index (κ3) is 3.71. The van der Waals surface area contributed by atoms with Crippen molar-refractivity contribution < 1.29 is 13.5 Å². The molecule has 0 saturated heterocycles. The molecule has 1 fully saturated rings. The Balaban J connectivity index is 2.58. The average molecular weight is 249 g/mol. The highest BCUT2D eigenvalue weighted by molar-refractivity contribution is 7.89. The second-order valence-electron chi connectivity index (χ2n) is 4.44. The minimum absolute atomic E-state index is 0.0620. The van der Waals surface area contributed by atoms with Crippen molar-refractivity contribution in [2.75, 3.05) is 18.9 Å². The first-order chi connectivity index (χ1) is 7.61. The van der Waals surface area contributed by atoms with E-state index in [-0.39, 0.29) is 18.4 Å². The van der Waals surface area contributed by atoms with Crippen LogP contribution >= 0.6 is 0 Å². The second-order valence-corrected chi connectivity index (χ2v) is 6.48. The highest BCUT2D eigenvalue weighted by atomic mass is 32.2. The van der Waals surface area contributed by atoms with E-state index in [1.54, 1.807) is 4.31 Å². The molecule has 1 aliphatic rings. The Labute approximate surface area is 98.7 Å². The Hall–Kier alpha value is -0.130. The third-order valence-electron chi connectivity index (χ3n) is 3.13. The molecule has 1 rings (SSSR count). The molecule has 0 amide bonds. The zero-order valence-electron chi connectivity index (χ0n) is 10.1. The molecule has 0 spiro atoms. The molecule has 0 aliphatic heterocycles. The van der Waals surface area contributed by atoms with Crippen molar-refractivity contribution >= 4 is 10.0 Å². The molecular weight excluding hydrogens is 226 g/mol. The predicted octanol–water partition coefficient (Wildman–Crippen LogP) is 1.35. The molecule has 96 valence electrons.